The van der Waals surface area contributed by atoms with Gasteiger partial charge in [-0.15, -0.1) is 0 Å². The Bertz CT molecular complexity index is 523. The molecule has 24 heavy (non-hydrogen) atoms. The number of hydrogen-bond donors (Lipinski definition) is 0. The zero-order chi connectivity index (χ0) is 17.4. The number of hydrogen-bond acceptors (Lipinski definition) is 0. The van der Waals surface area contributed by atoms with Crippen LogP contribution in [-0.2, 0) is 0 Å². The Labute approximate surface area is 143 Å². The Hall–Kier alpha value is -0.990. The van der Waals surface area contributed by atoms with Crippen molar-refractivity contribution in [3.8, 4) is 0 Å². The summed E-state index contributed by atoms with van der Waals surface area (Å²) in [6.07, 6.45) is 7.21. The van der Waals surface area contributed by atoms with Crippen LogP contribution in [0, 0.1) is 5.92 Å². The molecular weight excluding hydrogens is 309 g/mol. The summed E-state index contributed by atoms with van der Waals surface area (Å²) in [6, 6.07) is 8.09. The monoisotopic (exact) mass is 338 g/mol. The molecule has 0 aromatic heterocycles. The van der Waals surface area contributed by atoms with E-state index in [2.05, 4.69) is 19.1 Å². The normalized spacial score (nSPS) is 36.0. The van der Waals surface area contributed by atoms with Gasteiger partial charge in [-0.3, -0.25) is 0 Å². The van der Waals surface area contributed by atoms with Crippen LogP contribution >= 0.6 is 0 Å². The van der Waals surface area contributed by atoms with E-state index in [9.17, 15) is 13.2 Å². The van der Waals surface area contributed by atoms with Gasteiger partial charge in [-0.05, 0) is 67.9 Å². The second kappa shape index (κ2) is 6.72. The minimum atomic E-state index is -3.21. The highest BCUT2D eigenvalue weighted by atomic mass is 19.3. The van der Waals surface area contributed by atoms with Gasteiger partial charge in [0.1, 0.15) is 0 Å². The summed E-state index contributed by atoms with van der Waals surface area (Å²) < 4.78 is 41.5. The lowest BCUT2D eigenvalue weighted by Crippen LogP contribution is -2.35. The topological polar surface area (TPSA) is 0 Å². The average Bonchev–Trinajstić information content (AvgIpc) is 2.77. The Morgan fingerprint density at radius 2 is 1.42 bits per heavy atom. The molecule has 0 nitrogen and oxygen atoms in total. The van der Waals surface area contributed by atoms with E-state index in [0.29, 0.717) is 5.92 Å². The molecule has 0 aliphatic heterocycles. The molecule has 0 radical (unpaired) electrons. The van der Waals surface area contributed by atoms with Gasteiger partial charge in [0.15, 0.2) is 5.67 Å². The van der Waals surface area contributed by atoms with Gasteiger partial charge in [-0.1, -0.05) is 44.0 Å². The fraction of sp³-hybridized carbons (Fsp3) is 0.714. The highest BCUT2D eigenvalue weighted by molar-refractivity contribution is 5.30. The predicted octanol–water partition coefficient (Wildman–Crippen LogP) is 7.00. The highest BCUT2D eigenvalue weighted by Gasteiger charge is 2.58. The van der Waals surface area contributed by atoms with Gasteiger partial charge < -0.3 is 0 Å². The van der Waals surface area contributed by atoms with E-state index in [1.807, 2.05) is 12.1 Å². The molecule has 0 heterocycles. The van der Waals surface area contributed by atoms with Crippen molar-refractivity contribution in [2.45, 2.75) is 88.6 Å². The molecule has 2 atom stereocenters. The lowest BCUT2D eigenvalue weighted by Gasteiger charge is -2.28. The summed E-state index contributed by atoms with van der Waals surface area (Å²) >= 11 is 0. The third kappa shape index (κ3) is 3.50. The standard InChI is InChI=1S/C21H29F3/c1-3-4-15-5-7-16(8-6-15)17-9-11-18(12-10-17)19-13-20(2,22)21(23,24)14-19/h9-12,15-16,19H,3-8,13-14H2,1-2H3. The van der Waals surface area contributed by atoms with Crippen molar-refractivity contribution < 1.29 is 13.2 Å². The van der Waals surface area contributed by atoms with Crippen molar-refractivity contribution >= 4 is 0 Å². The van der Waals surface area contributed by atoms with Crippen LogP contribution in [0.5, 0.6) is 0 Å². The van der Waals surface area contributed by atoms with E-state index in [0.717, 1.165) is 18.4 Å². The molecule has 3 heteroatoms. The molecule has 2 aliphatic rings. The van der Waals surface area contributed by atoms with Crippen LogP contribution in [0.1, 0.15) is 88.2 Å². The van der Waals surface area contributed by atoms with Crippen molar-refractivity contribution in [3.63, 3.8) is 0 Å². The maximum atomic E-state index is 14.0. The molecule has 1 aromatic rings. The molecule has 0 amide bonds. The molecule has 3 rings (SSSR count). The summed E-state index contributed by atoms with van der Waals surface area (Å²) in [4.78, 5) is 0. The number of rotatable bonds is 4. The van der Waals surface area contributed by atoms with Crippen molar-refractivity contribution in [2.75, 3.05) is 0 Å². The Morgan fingerprint density at radius 1 is 0.875 bits per heavy atom. The van der Waals surface area contributed by atoms with Crippen LogP contribution in [0.4, 0.5) is 13.2 Å². The summed E-state index contributed by atoms with van der Waals surface area (Å²) in [5, 5.41) is 0. The summed E-state index contributed by atoms with van der Waals surface area (Å²) in [6.45, 7) is 3.29. The molecule has 134 valence electrons. The minimum Gasteiger partial charge on any atom is -0.238 e. The number of alkyl halides is 3. The van der Waals surface area contributed by atoms with Crippen molar-refractivity contribution in [1.82, 2.24) is 0 Å². The Morgan fingerprint density at radius 3 is 1.88 bits per heavy atom. The van der Waals surface area contributed by atoms with Crippen LogP contribution in [0.2, 0.25) is 0 Å². The third-order valence-corrected chi connectivity index (χ3v) is 6.32. The van der Waals surface area contributed by atoms with Crippen LogP contribution in [0.3, 0.4) is 0 Å². The first-order chi connectivity index (χ1) is 11.3. The van der Waals surface area contributed by atoms with Crippen LogP contribution in [0.25, 0.3) is 0 Å². The van der Waals surface area contributed by atoms with Crippen molar-refractivity contribution in [2.24, 2.45) is 5.92 Å². The quantitative estimate of drug-likeness (QED) is 0.554. The van der Waals surface area contributed by atoms with Crippen LogP contribution in [0.15, 0.2) is 24.3 Å². The zero-order valence-electron chi connectivity index (χ0n) is 14.8. The summed E-state index contributed by atoms with van der Waals surface area (Å²) in [5.41, 5.74) is -0.200. The van der Waals surface area contributed by atoms with E-state index in [-0.39, 0.29) is 18.8 Å². The second-order valence-corrected chi connectivity index (χ2v) is 8.18. The van der Waals surface area contributed by atoms with Gasteiger partial charge in [0.2, 0.25) is 0 Å². The molecule has 2 unspecified atom stereocenters. The maximum absolute atomic E-state index is 14.0. The first-order valence-corrected chi connectivity index (χ1v) is 9.49. The third-order valence-electron chi connectivity index (χ3n) is 6.32. The first kappa shape index (κ1) is 17.8. The van der Waals surface area contributed by atoms with Gasteiger partial charge in [-0.25, -0.2) is 13.2 Å². The molecule has 1 aromatic carbocycles. The van der Waals surface area contributed by atoms with Gasteiger partial charge in [0.25, 0.3) is 5.92 Å². The summed E-state index contributed by atoms with van der Waals surface area (Å²) in [7, 11) is 0. The lowest BCUT2D eigenvalue weighted by atomic mass is 9.77. The summed E-state index contributed by atoms with van der Waals surface area (Å²) in [5.74, 6) is -2.10. The van der Waals surface area contributed by atoms with E-state index < -0.39 is 11.6 Å². The Balaban J connectivity index is 1.63. The second-order valence-electron chi connectivity index (χ2n) is 8.18. The molecule has 2 fully saturated rings. The van der Waals surface area contributed by atoms with E-state index >= 15 is 0 Å². The molecule has 0 saturated heterocycles. The lowest BCUT2D eigenvalue weighted by molar-refractivity contribution is -0.105. The van der Waals surface area contributed by atoms with Gasteiger partial charge in [0, 0.05) is 6.42 Å². The van der Waals surface area contributed by atoms with E-state index in [1.165, 1.54) is 44.1 Å². The predicted molar refractivity (Wildman–Crippen MR) is 92.5 cm³/mol. The number of benzene rings is 1. The van der Waals surface area contributed by atoms with Gasteiger partial charge in [-0.2, -0.15) is 0 Å². The smallest absolute Gasteiger partial charge is 0.238 e. The Kier molecular flexibility index (Phi) is 4.99. The van der Waals surface area contributed by atoms with Gasteiger partial charge >= 0.3 is 0 Å². The molecule has 0 N–H and O–H groups in total. The molecule has 2 aliphatic carbocycles. The molecule has 0 spiro atoms. The van der Waals surface area contributed by atoms with E-state index in [1.54, 1.807) is 0 Å². The van der Waals surface area contributed by atoms with Crippen molar-refractivity contribution in [3.05, 3.63) is 35.4 Å². The van der Waals surface area contributed by atoms with E-state index in [4.69, 9.17) is 0 Å². The minimum absolute atomic E-state index is 0.0819. The fourth-order valence-electron chi connectivity index (χ4n) is 4.68. The van der Waals surface area contributed by atoms with Gasteiger partial charge in [0.05, 0.1) is 0 Å². The highest BCUT2D eigenvalue weighted by Crippen LogP contribution is 2.52. The molecule has 0 bridgehead atoms. The van der Waals surface area contributed by atoms with Crippen molar-refractivity contribution in [1.29, 1.82) is 0 Å². The fourth-order valence-corrected chi connectivity index (χ4v) is 4.68. The largest absolute Gasteiger partial charge is 0.281 e. The van der Waals surface area contributed by atoms with Crippen LogP contribution < -0.4 is 0 Å². The maximum Gasteiger partial charge on any atom is 0.281 e. The zero-order valence-corrected chi connectivity index (χ0v) is 14.8. The average molecular weight is 338 g/mol. The molecule has 2 saturated carbocycles. The SMILES string of the molecule is CCCC1CCC(c2ccc(C3CC(C)(F)C(F)(F)C3)cc2)CC1. The first-order valence-electron chi connectivity index (χ1n) is 9.49. The van der Waals surface area contributed by atoms with Crippen LogP contribution in [-0.4, -0.2) is 11.6 Å². The number of halogens is 3. The molecular formula is C21H29F3.